The molecule has 0 saturated heterocycles. The summed E-state index contributed by atoms with van der Waals surface area (Å²) in [6.07, 6.45) is 2.45. The Morgan fingerprint density at radius 3 is 2.62 bits per heavy atom. The summed E-state index contributed by atoms with van der Waals surface area (Å²) in [7, 11) is 0. The molecule has 0 spiro atoms. The molecule has 0 aromatic carbocycles. The van der Waals surface area contributed by atoms with E-state index in [4.69, 9.17) is 4.74 Å². The lowest BCUT2D eigenvalue weighted by atomic mass is 9.71. The van der Waals surface area contributed by atoms with Gasteiger partial charge in [-0.1, -0.05) is 6.42 Å². The second-order valence-corrected chi connectivity index (χ2v) is 4.37. The van der Waals surface area contributed by atoms with Crippen molar-refractivity contribution < 1.29 is 19.1 Å². The number of esters is 1. The van der Waals surface area contributed by atoms with Crippen LogP contribution in [-0.4, -0.2) is 24.1 Å². The summed E-state index contributed by atoms with van der Waals surface area (Å²) >= 11 is 0. The number of carbonyl (C=O) groups is 3. The highest BCUT2D eigenvalue weighted by atomic mass is 16.5. The topological polar surface area (TPSA) is 60.4 Å². The van der Waals surface area contributed by atoms with Crippen LogP contribution < -0.4 is 0 Å². The zero-order valence-electron chi connectivity index (χ0n) is 9.88. The van der Waals surface area contributed by atoms with E-state index in [9.17, 15) is 14.4 Å². The molecule has 1 aliphatic rings. The van der Waals surface area contributed by atoms with Crippen LogP contribution in [0.3, 0.4) is 0 Å². The molecule has 0 N–H and O–H groups in total. The third-order valence-electron chi connectivity index (χ3n) is 3.17. The monoisotopic (exact) mass is 226 g/mol. The minimum atomic E-state index is -0.953. The van der Waals surface area contributed by atoms with Crippen molar-refractivity contribution in [3.8, 4) is 0 Å². The number of hydrogen-bond acceptors (Lipinski definition) is 4. The smallest absolute Gasteiger partial charge is 0.313 e. The second-order valence-electron chi connectivity index (χ2n) is 4.37. The first-order valence-corrected chi connectivity index (χ1v) is 5.73. The van der Waals surface area contributed by atoms with Gasteiger partial charge >= 0.3 is 5.97 Å². The van der Waals surface area contributed by atoms with E-state index in [0.29, 0.717) is 12.8 Å². The molecular formula is C12H18O4. The number of hydrogen-bond donors (Lipinski definition) is 0. The molecule has 1 aliphatic carbocycles. The molecule has 16 heavy (non-hydrogen) atoms. The van der Waals surface area contributed by atoms with Crippen LogP contribution >= 0.6 is 0 Å². The van der Waals surface area contributed by atoms with Crippen LogP contribution in [0.4, 0.5) is 0 Å². The molecule has 0 aliphatic heterocycles. The summed E-state index contributed by atoms with van der Waals surface area (Å²) in [6.45, 7) is 3.60. The lowest BCUT2D eigenvalue weighted by Crippen LogP contribution is -2.40. The summed E-state index contributed by atoms with van der Waals surface area (Å²) < 4.78 is 4.71. The van der Waals surface area contributed by atoms with E-state index in [1.54, 1.807) is 13.8 Å². The first-order chi connectivity index (χ1) is 7.50. The van der Waals surface area contributed by atoms with Crippen LogP contribution in [-0.2, 0) is 19.1 Å². The highest BCUT2D eigenvalue weighted by Crippen LogP contribution is 2.34. The van der Waals surface area contributed by atoms with Gasteiger partial charge in [-0.05, 0) is 26.7 Å². The maximum absolute atomic E-state index is 11.9. The zero-order chi connectivity index (χ0) is 12.2. The Bertz CT molecular complexity index is 308. The maximum Gasteiger partial charge on any atom is 0.313 e. The Balaban J connectivity index is 2.64. The van der Waals surface area contributed by atoms with Gasteiger partial charge in [-0.15, -0.1) is 0 Å². The first-order valence-electron chi connectivity index (χ1n) is 5.73. The molecule has 0 heterocycles. The number of carbonyl (C=O) groups excluding carboxylic acids is 3. The minimum Gasteiger partial charge on any atom is -0.466 e. The van der Waals surface area contributed by atoms with Crippen molar-refractivity contribution in [2.24, 2.45) is 5.41 Å². The minimum absolute atomic E-state index is 0.0342. The third-order valence-corrected chi connectivity index (χ3v) is 3.17. The van der Waals surface area contributed by atoms with Crippen molar-refractivity contribution in [2.45, 2.75) is 46.0 Å². The molecule has 1 fully saturated rings. The van der Waals surface area contributed by atoms with Crippen LogP contribution in [0, 0.1) is 5.41 Å². The average Bonchev–Trinajstić information content (AvgIpc) is 2.22. The van der Waals surface area contributed by atoms with Crippen molar-refractivity contribution in [3.05, 3.63) is 0 Å². The summed E-state index contributed by atoms with van der Waals surface area (Å²) in [5.74, 6) is -0.865. The fourth-order valence-corrected chi connectivity index (χ4v) is 2.01. The molecule has 0 bridgehead atoms. The summed E-state index contributed by atoms with van der Waals surface area (Å²) in [4.78, 5) is 34.8. The summed E-state index contributed by atoms with van der Waals surface area (Å²) in [5, 5.41) is 0. The molecule has 1 unspecified atom stereocenters. The highest BCUT2D eigenvalue weighted by Gasteiger charge is 2.42. The van der Waals surface area contributed by atoms with Gasteiger partial charge < -0.3 is 4.74 Å². The van der Waals surface area contributed by atoms with Crippen molar-refractivity contribution in [1.82, 2.24) is 0 Å². The predicted octanol–water partition coefficient (Wildman–Crippen LogP) is 1.66. The van der Waals surface area contributed by atoms with Gasteiger partial charge in [0.15, 0.2) is 5.78 Å². The molecule has 0 amide bonds. The number of ketones is 2. The van der Waals surface area contributed by atoms with Crippen LogP contribution in [0.1, 0.15) is 46.0 Å². The maximum atomic E-state index is 11.9. The van der Waals surface area contributed by atoms with E-state index in [-0.39, 0.29) is 24.6 Å². The molecule has 0 radical (unpaired) electrons. The molecule has 1 saturated carbocycles. The second kappa shape index (κ2) is 5.23. The number of rotatable bonds is 4. The van der Waals surface area contributed by atoms with Crippen LogP contribution in [0.5, 0.6) is 0 Å². The van der Waals surface area contributed by atoms with E-state index in [1.165, 1.54) is 0 Å². The largest absolute Gasteiger partial charge is 0.466 e. The van der Waals surface area contributed by atoms with E-state index in [2.05, 4.69) is 0 Å². The van der Waals surface area contributed by atoms with Crippen molar-refractivity contribution in [3.63, 3.8) is 0 Å². The van der Waals surface area contributed by atoms with E-state index in [0.717, 1.165) is 12.8 Å². The average molecular weight is 226 g/mol. The Hall–Kier alpha value is -1.19. The van der Waals surface area contributed by atoms with Gasteiger partial charge in [0, 0.05) is 6.42 Å². The normalized spacial score (nSPS) is 25.2. The van der Waals surface area contributed by atoms with E-state index in [1.807, 2.05) is 0 Å². The quantitative estimate of drug-likeness (QED) is 0.540. The highest BCUT2D eigenvalue weighted by molar-refractivity contribution is 6.11. The van der Waals surface area contributed by atoms with Crippen LogP contribution in [0.2, 0.25) is 0 Å². The lowest BCUT2D eigenvalue weighted by Gasteiger charge is -2.30. The Morgan fingerprint density at radius 2 is 2.06 bits per heavy atom. The molecule has 0 aromatic heterocycles. The van der Waals surface area contributed by atoms with Crippen molar-refractivity contribution in [2.75, 3.05) is 6.61 Å². The summed E-state index contributed by atoms with van der Waals surface area (Å²) in [6, 6.07) is 0. The molecule has 4 heteroatoms. The van der Waals surface area contributed by atoms with Crippen molar-refractivity contribution >= 4 is 17.5 Å². The molecule has 4 nitrogen and oxygen atoms in total. The lowest BCUT2D eigenvalue weighted by molar-refractivity contribution is -0.150. The van der Waals surface area contributed by atoms with Gasteiger partial charge in [-0.2, -0.15) is 0 Å². The Labute approximate surface area is 95.3 Å². The first kappa shape index (κ1) is 12.9. The van der Waals surface area contributed by atoms with Gasteiger partial charge in [-0.25, -0.2) is 0 Å². The van der Waals surface area contributed by atoms with Gasteiger partial charge in [0.05, 0.1) is 12.0 Å². The fraction of sp³-hybridized carbons (Fsp3) is 0.750. The fourth-order valence-electron chi connectivity index (χ4n) is 2.01. The third kappa shape index (κ3) is 2.68. The SMILES string of the molecule is CCOC(=O)CC(=O)C1(C)CCCCC1=O. The van der Waals surface area contributed by atoms with Crippen molar-refractivity contribution in [1.29, 1.82) is 0 Å². The Kier molecular flexibility index (Phi) is 4.21. The standard InChI is InChI=1S/C12H18O4/c1-3-16-11(15)8-10(14)12(2)7-5-4-6-9(12)13/h3-8H2,1-2H3. The van der Waals surface area contributed by atoms with E-state index < -0.39 is 11.4 Å². The van der Waals surface area contributed by atoms with Crippen LogP contribution in [0.25, 0.3) is 0 Å². The molecule has 90 valence electrons. The molecule has 1 atom stereocenters. The van der Waals surface area contributed by atoms with Gasteiger partial charge in [0.25, 0.3) is 0 Å². The molecular weight excluding hydrogens is 208 g/mol. The Morgan fingerprint density at radius 1 is 1.38 bits per heavy atom. The van der Waals surface area contributed by atoms with Crippen LogP contribution in [0.15, 0.2) is 0 Å². The predicted molar refractivity (Wildman–Crippen MR) is 57.8 cm³/mol. The summed E-state index contributed by atoms with van der Waals surface area (Å²) in [5.41, 5.74) is -0.953. The van der Waals surface area contributed by atoms with Gasteiger partial charge in [-0.3, -0.25) is 14.4 Å². The molecule has 0 aromatic rings. The van der Waals surface area contributed by atoms with Gasteiger partial charge in [0.1, 0.15) is 12.2 Å². The molecule has 1 rings (SSSR count). The van der Waals surface area contributed by atoms with Gasteiger partial charge in [0.2, 0.25) is 0 Å². The van der Waals surface area contributed by atoms with E-state index >= 15 is 0 Å². The number of Topliss-reactive ketones (excluding diaryl/α,β-unsaturated/α-hetero) is 2. The number of ether oxygens (including phenoxy) is 1. The zero-order valence-corrected chi connectivity index (χ0v) is 9.88.